The summed E-state index contributed by atoms with van der Waals surface area (Å²) in [6, 6.07) is 23.2. The first kappa shape index (κ1) is 21.0. The summed E-state index contributed by atoms with van der Waals surface area (Å²) in [4.78, 5) is 30.3. The summed E-state index contributed by atoms with van der Waals surface area (Å²) >= 11 is 0. The molecule has 8 heteroatoms. The van der Waals surface area contributed by atoms with E-state index in [0.717, 1.165) is 0 Å². The van der Waals surface area contributed by atoms with Crippen LogP contribution in [0.5, 0.6) is 5.75 Å². The second-order valence-electron chi connectivity index (χ2n) is 7.33. The van der Waals surface area contributed by atoms with Crippen molar-refractivity contribution in [1.29, 1.82) is 0 Å². The monoisotopic (exact) mass is 453 g/mol. The molecule has 0 unspecified atom stereocenters. The summed E-state index contributed by atoms with van der Waals surface area (Å²) < 4.78 is 16.4. The van der Waals surface area contributed by atoms with Crippen LogP contribution in [0.25, 0.3) is 22.4 Å². The maximum atomic E-state index is 13.0. The molecule has 0 aliphatic heterocycles. The zero-order valence-electron chi connectivity index (χ0n) is 17.9. The van der Waals surface area contributed by atoms with Crippen molar-refractivity contribution in [2.75, 3.05) is 0 Å². The number of furan rings is 2. The normalized spacial score (nSPS) is 10.7. The summed E-state index contributed by atoms with van der Waals surface area (Å²) in [5, 5.41) is 0.638. The Hall–Kier alpha value is -4.85. The SMILES string of the molecule is O=C(NNC(=O)c1cc(-c2ccco2)nc2ccccc12)c1occc1COc1ccccc1. The highest BCUT2D eigenvalue weighted by atomic mass is 16.5. The van der Waals surface area contributed by atoms with Gasteiger partial charge in [-0.1, -0.05) is 36.4 Å². The van der Waals surface area contributed by atoms with Crippen molar-refractivity contribution in [3.05, 3.63) is 108 Å². The predicted molar refractivity (Wildman–Crippen MR) is 124 cm³/mol. The number of nitrogens with zero attached hydrogens (tertiary/aromatic N) is 1. The molecule has 8 nitrogen and oxygen atoms in total. The molecule has 0 atom stereocenters. The van der Waals surface area contributed by atoms with Crippen LogP contribution in [0.2, 0.25) is 0 Å². The van der Waals surface area contributed by atoms with Crippen molar-refractivity contribution in [2.45, 2.75) is 6.61 Å². The predicted octanol–water partition coefficient (Wildman–Crippen LogP) is 4.74. The number of hydrogen-bond acceptors (Lipinski definition) is 6. The number of aromatic nitrogens is 1. The van der Waals surface area contributed by atoms with Crippen molar-refractivity contribution in [2.24, 2.45) is 0 Å². The lowest BCUT2D eigenvalue weighted by Gasteiger charge is -2.11. The fraction of sp³-hybridized carbons (Fsp3) is 0.0385. The van der Waals surface area contributed by atoms with Gasteiger partial charge in [-0.3, -0.25) is 20.4 Å². The number of amides is 2. The van der Waals surface area contributed by atoms with Crippen molar-refractivity contribution < 1.29 is 23.2 Å². The molecule has 2 N–H and O–H groups in total. The summed E-state index contributed by atoms with van der Waals surface area (Å²) in [6.07, 6.45) is 2.93. The first-order chi connectivity index (χ1) is 16.7. The Kier molecular flexibility index (Phi) is 5.77. The van der Waals surface area contributed by atoms with E-state index in [9.17, 15) is 9.59 Å². The summed E-state index contributed by atoms with van der Waals surface area (Å²) in [5.74, 6) is 0.137. The Bertz CT molecular complexity index is 1440. The molecular weight excluding hydrogens is 434 g/mol. The van der Waals surface area contributed by atoms with Gasteiger partial charge >= 0.3 is 5.91 Å². The van der Waals surface area contributed by atoms with E-state index in [1.165, 1.54) is 12.5 Å². The van der Waals surface area contributed by atoms with Gasteiger partial charge < -0.3 is 13.6 Å². The van der Waals surface area contributed by atoms with Crippen molar-refractivity contribution in [1.82, 2.24) is 15.8 Å². The smallest absolute Gasteiger partial charge is 0.305 e. The lowest BCUT2D eigenvalue weighted by Crippen LogP contribution is -2.42. The van der Waals surface area contributed by atoms with E-state index in [2.05, 4.69) is 15.8 Å². The molecule has 0 radical (unpaired) electrons. The van der Waals surface area contributed by atoms with Crippen LogP contribution in [0.3, 0.4) is 0 Å². The zero-order valence-corrected chi connectivity index (χ0v) is 17.9. The number of benzene rings is 2. The lowest BCUT2D eigenvalue weighted by atomic mass is 10.1. The Morgan fingerprint density at radius 2 is 1.62 bits per heavy atom. The van der Waals surface area contributed by atoms with Crippen LogP contribution in [-0.2, 0) is 6.61 Å². The van der Waals surface area contributed by atoms with E-state index in [1.54, 1.807) is 36.4 Å². The molecule has 0 aliphatic rings. The second-order valence-corrected chi connectivity index (χ2v) is 7.33. The molecule has 0 saturated carbocycles. The number of para-hydroxylation sites is 2. The van der Waals surface area contributed by atoms with E-state index in [4.69, 9.17) is 13.6 Å². The highest BCUT2D eigenvalue weighted by Gasteiger charge is 2.19. The van der Waals surface area contributed by atoms with Crippen LogP contribution in [0.15, 0.2) is 100 Å². The number of carbonyl (C=O) groups excluding carboxylic acids is 2. The van der Waals surface area contributed by atoms with Crippen LogP contribution in [0, 0.1) is 0 Å². The van der Waals surface area contributed by atoms with Crippen LogP contribution < -0.4 is 15.6 Å². The first-order valence-electron chi connectivity index (χ1n) is 10.5. The standard InChI is InChI=1S/C26H19N3O5/c30-25(20-15-22(23-11-6-13-32-23)27-21-10-5-4-9-19(20)21)28-29-26(31)24-17(12-14-33-24)16-34-18-7-2-1-3-8-18/h1-15H,16H2,(H,28,30)(H,29,31). The van der Waals surface area contributed by atoms with Crippen LogP contribution in [0.1, 0.15) is 26.5 Å². The molecule has 2 aromatic carbocycles. The number of rotatable bonds is 6. The minimum Gasteiger partial charge on any atom is -0.489 e. The molecule has 34 heavy (non-hydrogen) atoms. The molecule has 5 rings (SSSR count). The topological polar surface area (TPSA) is 107 Å². The third-order valence-electron chi connectivity index (χ3n) is 5.11. The quantitative estimate of drug-likeness (QED) is 0.360. The number of carbonyl (C=O) groups is 2. The van der Waals surface area contributed by atoms with E-state index in [1.807, 2.05) is 42.5 Å². The van der Waals surface area contributed by atoms with Gasteiger partial charge in [-0.25, -0.2) is 4.98 Å². The van der Waals surface area contributed by atoms with Crippen LogP contribution in [-0.4, -0.2) is 16.8 Å². The molecule has 0 aliphatic carbocycles. The van der Waals surface area contributed by atoms with E-state index in [0.29, 0.717) is 39.2 Å². The molecule has 5 aromatic rings. The molecule has 0 saturated heterocycles. The van der Waals surface area contributed by atoms with Crippen LogP contribution >= 0.6 is 0 Å². The van der Waals surface area contributed by atoms with E-state index < -0.39 is 11.8 Å². The van der Waals surface area contributed by atoms with Gasteiger partial charge in [0.15, 0.2) is 11.5 Å². The largest absolute Gasteiger partial charge is 0.489 e. The fourth-order valence-corrected chi connectivity index (χ4v) is 3.48. The fourth-order valence-electron chi connectivity index (χ4n) is 3.48. The average molecular weight is 453 g/mol. The number of ether oxygens (including phenoxy) is 1. The molecule has 0 bridgehead atoms. The Morgan fingerprint density at radius 3 is 2.44 bits per heavy atom. The van der Waals surface area contributed by atoms with Gasteiger partial charge in [0.25, 0.3) is 5.91 Å². The van der Waals surface area contributed by atoms with Crippen molar-refractivity contribution >= 4 is 22.7 Å². The Morgan fingerprint density at radius 1 is 0.824 bits per heavy atom. The maximum Gasteiger partial charge on any atom is 0.305 e. The van der Waals surface area contributed by atoms with Gasteiger partial charge in [-0.15, -0.1) is 0 Å². The summed E-state index contributed by atoms with van der Waals surface area (Å²) in [6.45, 7) is 0.138. The van der Waals surface area contributed by atoms with Crippen LogP contribution in [0.4, 0.5) is 0 Å². The number of fused-ring (bicyclic) bond motifs is 1. The number of nitrogens with one attached hydrogen (secondary N) is 2. The number of pyridine rings is 1. The first-order valence-corrected chi connectivity index (χ1v) is 10.5. The average Bonchev–Trinajstić information content (AvgIpc) is 3.58. The Balaban J connectivity index is 1.31. The number of hydrazine groups is 1. The summed E-state index contributed by atoms with van der Waals surface area (Å²) in [7, 11) is 0. The van der Waals surface area contributed by atoms with E-state index in [-0.39, 0.29) is 12.4 Å². The third-order valence-corrected chi connectivity index (χ3v) is 5.11. The van der Waals surface area contributed by atoms with Crippen molar-refractivity contribution in [3.8, 4) is 17.2 Å². The molecule has 168 valence electrons. The van der Waals surface area contributed by atoms with Gasteiger partial charge in [-0.2, -0.15) is 0 Å². The molecular formula is C26H19N3O5. The summed E-state index contributed by atoms with van der Waals surface area (Å²) in [5.41, 5.74) is 6.88. The van der Waals surface area contributed by atoms with Gasteiger partial charge in [-0.05, 0) is 42.5 Å². The molecule has 3 heterocycles. The second kappa shape index (κ2) is 9.33. The molecule has 2 amide bonds. The molecule has 0 fully saturated rings. The minimum atomic E-state index is -0.602. The third kappa shape index (κ3) is 4.37. The van der Waals surface area contributed by atoms with Gasteiger partial charge in [0.05, 0.1) is 23.6 Å². The molecule has 3 aromatic heterocycles. The Labute approximate surface area is 194 Å². The van der Waals surface area contributed by atoms with Gasteiger partial charge in [0.2, 0.25) is 0 Å². The number of hydrogen-bond donors (Lipinski definition) is 2. The minimum absolute atomic E-state index is 0.0482. The molecule has 0 spiro atoms. The van der Waals surface area contributed by atoms with E-state index >= 15 is 0 Å². The van der Waals surface area contributed by atoms with Crippen molar-refractivity contribution in [3.63, 3.8) is 0 Å². The van der Waals surface area contributed by atoms with Gasteiger partial charge in [0.1, 0.15) is 18.1 Å². The zero-order chi connectivity index (χ0) is 23.3. The highest BCUT2D eigenvalue weighted by molar-refractivity contribution is 6.08. The highest BCUT2D eigenvalue weighted by Crippen LogP contribution is 2.25. The van der Waals surface area contributed by atoms with Gasteiger partial charge in [0, 0.05) is 10.9 Å². The maximum absolute atomic E-state index is 13.0. The lowest BCUT2D eigenvalue weighted by molar-refractivity contribution is 0.0829.